The van der Waals surface area contributed by atoms with Gasteiger partial charge in [-0.3, -0.25) is 9.59 Å². The molecule has 0 aromatic rings. The monoisotopic (exact) mass is 303 g/mol. The molecule has 1 unspecified atom stereocenters. The first kappa shape index (κ1) is 17.2. The van der Waals surface area contributed by atoms with Crippen LogP contribution in [0.15, 0.2) is 0 Å². The molecule has 6 heteroatoms. The van der Waals surface area contributed by atoms with E-state index in [1.54, 1.807) is 0 Å². The molecule has 1 heterocycles. The summed E-state index contributed by atoms with van der Waals surface area (Å²) in [6.07, 6.45) is 4.82. The molecule has 1 atom stereocenters. The minimum Gasteiger partial charge on any atom is -0.356 e. The van der Waals surface area contributed by atoms with Gasteiger partial charge in [-0.05, 0) is 25.2 Å². The first-order valence-corrected chi connectivity index (χ1v) is 7.49. The van der Waals surface area contributed by atoms with Crippen LogP contribution in [-0.4, -0.2) is 48.9 Å². The van der Waals surface area contributed by atoms with E-state index in [2.05, 4.69) is 17.6 Å². The number of piperazine rings is 1. The largest absolute Gasteiger partial charge is 0.356 e. The Morgan fingerprint density at radius 1 is 1.45 bits per heavy atom. The normalized spacial score (nSPS) is 22.4. The summed E-state index contributed by atoms with van der Waals surface area (Å²) in [5, 5.41) is 6.03. The zero-order valence-electron chi connectivity index (χ0n) is 12.2. The van der Waals surface area contributed by atoms with E-state index in [-0.39, 0.29) is 36.7 Å². The van der Waals surface area contributed by atoms with Crippen LogP contribution >= 0.6 is 12.4 Å². The lowest BCUT2D eigenvalue weighted by atomic mass is 10.1. The van der Waals surface area contributed by atoms with Crippen molar-refractivity contribution in [1.29, 1.82) is 0 Å². The van der Waals surface area contributed by atoms with Crippen LogP contribution in [0.3, 0.4) is 0 Å². The minimum atomic E-state index is -0.325. The molecule has 0 spiro atoms. The predicted molar refractivity (Wildman–Crippen MR) is 80.9 cm³/mol. The third kappa shape index (κ3) is 5.29. The number of carbonyl (C=O) groups excluding carboxylic acids is 2. The van der Waals surface area contributed by atoms with Gasteiger partial charge in [0.25, 0.3) is 0 Å². The van der Waals surface area contributed by atoms with Gasteiger partial charge in [-0.1, -0.05) is 13.3 Å². The average molecular weight is 304 g/mol. The highest BCUT2D eigenvalue weighted by Gasteiger charge is 2.33. The fourth-order valence-electron chi connectivity index (χ4n) is 2.41. The standard InChI is InChI=1S/C14H25N3O2.ClH/c1-2-3-6-16-13(18)9-12-14(19)17(8-7-15-12)10-11-4-5-11;/h11-12,15H,2-10H2,1H3,(H,16,18);1H. The molecule has 0 bridgehead atoms. The first-order chi connectivity index (χ1) is 9.20. The Hall–Kier alpha value is -0.810. The number of rotatable bonds is 7. The number of amides is 2. The Labute approximate surface area is 127 Å². The predicted octanol–water partition coefficient (Wildman–Crippen LogP) is 0.925. The summed E-state index contributed by atoms with van der Waals surface area (Å²) in [5.74, 6) is 0.789. The van der Waals surface area contributed by atoms with Crippen molar-refractivity contribution in [2.75, 3.05) is 26.2 Å². The molecular formula is C14H26ClN3O2. The van der Waals surface area contributed by atoms with Crippen LogP contribution in [0.5, 0.6) is 0 Å². The van der Waals surface area contributed by atoms with Crippen molar-refractivity contribution in [3.05, 3.63) is 0 Å². The number of hydrogen-bond acceptors (Lipinski definition) is 3. The van der Waals surface area contributed by atoms with Crippen molar-refractivity contribution in [3.8, 4) is 0 Å². The molecule has 1 saturated heterocycles. The summed E-state index contributed by atoms with van der Waals surface area (Å²) in [5.41, 5.74) is 0. The molecule has 20 heavy (non-hydrogen) atoms. The lowest BCUT2D eigenvalue weighted by molar-refractivity contribution is -0.138. The summed E-state index contributed by atoms with van der Waals surface area (Å²) < 4.78 is 0. The second-order valence-corrected chi connectivity index (χ2v) is 5.64. The summed E-state index contributed by atoms with van der Waals surface area (Å²) >= 11 is 0. The van der Waals surface area contributed by atoms with Crippen LogP contribution in [0.4, 0.5) is 0 Å². The van der Waals surface area contributed by atoms with E-state index in [4.69, 9.17) is 0 Å². The average Bonchev–Trinajstić information content (AvgIpc) is 3.19. The second-order valence-electron chi connectivity index (χ2n) is 5.64. The summed E-state index contributed by atoms with van der Waals surface area (Å²) in [6, 6.07) is -0.325. The maximum absolute atomic E-state index is 12.2. The van der Waals surface area contributed by atoms with Gasteiger partial charge in [0.2, 0.25) is 11.8 Å². The van der Waals surface area contributed by atoms with Crippen molar-refractivity contribution in [3.63, 3.8) is 0 Å². The maximum Gasteiger partial charge on any atom is 0.240 e. The molecular weight excluding hydrogens is 278 g/mol. The van der Waals surface area contributed by atoms with Gasteiger partial charge in [0.15, 0.2) is 0 Å². The van der Waals surface area contributed by atoms with Gasteiger partial charge < -0.3 is 15.5 Å². The molecule has 1 saturated carbocycles. The molecule has 2 aliphatic rings. The fraction of sp³-hybridized carbons (Fsp3) is 0.857. The van der Waals surface area contributed by atoms with E-state index in [9.17, 15) is 9.59 Å². The SMILES string of the molecule is CCCCNC(=O)CC1NCCN(CC2CC2)C1=O.Cl. The summed E-state index contributed by atoms with van der Waals surface area (Å²) in [6.45, 7) is 5.26. The van der Waals surface area contributed by atoms with Crippen molar-refractivity contribution >= 4 is 24.2 Å². The minimum absolute atomic E-state index is 0. The molecule has 1 aliphatic carbocycles. The number of carbonyl (C=O) groups is 2. The maximum atomic E-state index is 12.2. The number of halogens is 1. The number of nitrogens with one attached hydrogen (secondary N) is 2. The number of nitrogens with zero attached hydrogens (tertiary/aromatic N) is 1. The molecule has 116 valence electrons. The van der Waals surface area contributed by atoms with Gasteiger partial charge in [0.1, 0.15) is 0 Å². The van der Waals surface area contributed by atoms with Crippen molar-refractivity contribution in [1.82, 2.24) is 15.5 Å². The number of hydrogen-bond donors (Lipinski definition) is 2. The Kier molecular flexibility index (Phi) is 7.30. The Morgan fingerprint density at radius 2 is 2.20 bits per heavy atom. The third-order valence-electron chi connectivity index (χ3n) is 3.80. The molecule has 2 fully saturated rings. The molecule has 2 amide bonds. The van der Waals surface area contributed by atoms with E-state index in [1.807, 2.05) is 4.90 Å². The summed E-state index contributed by atoms with van der Waals surface area (Å²) in [4.78, 5) is 25.9. The van der Waals surface area contributed by atoms with Gasteiger partial charge in [-0.15, -0.1) is 12.4 Å². The van der Waals surface area contributed by atoms with Crippen molar-refractivity contribution < 1.29 is 9.59 Å². The highest BCUT2D eigenvalue weighted by atomic mass is 35.5. The Bertz CT molecular complexity index is 334. The smallest absolute Gasteiger partial charge is 0.240 e. The van der Waals surface area contributed by atoms with Gasteiger partial charge in [-0.25, -0.2) is 0 Å². The lowest BCUT2D eigenvalue weighted by Crippen LogP contribution is -2.56. The molecule has 2 rings (SSSR count). The molecule has 1 aliphatic heterocycles. The molecule has 5 nitrogen and oxygen atoms in total. The van der Waals surface area contributed by atoms with Crippen LogP contribution in [0.2, 0.25) is 0 Å². The molecule has 2 N–H and O–H groups in total. The summed E-state index contributed by atoms with van der Waals surface area (Å²) in [7, 11) is 0. The first-order valence-electron chi connectivity index (χ1n) is 7.49. The van der Waals surface area contributed by atoms with E-state index < -0.39 is 0 Å². The van der Waals surface area contributed by atoms with Crippen molar-refractivity contribution in [2.45, 2.75) is 45.1 Å². The van der Waals surface area contributed by atoms with E-state index in [0.29, 0.717) is 12.5 Å². The second kappa shape index (κ2) is 8.47. The van der Waals surface area contributed by atoms with E-state index >= 15 is 0 Å². The van der Waals surface area contributed by atoms with Gasteiger partial charge in [0.05, 0.1) is 12.5 Å². The third-order valence-corrected chi connectivity index (χ3v) is 3.80. The zero-order chi connectivity index (χ0) is 13.7. The highest BCUT2D eigenvalue weighted by molar-refractivity contribution is 5.88. The van der Waals surface area contributed by atoms with Crippen LogP contribution < -0.4 is 10.6 Å². The zero-order valence-corrected chi connectivity index (χ0v) is 13.0. The molecule has 0 radical (unpaired) electrons. The highest BCUT2D eigenvalue weighted by Crippen LogP contribution is 2.30. The molecule has 0 aromatic carbocycles. The van der Waals surface area contributed by atoms with Crippen LogP contribution in [0, 0.1) is 5.92 Å². The van der Waals surface area contributed by atoms with Crippen LogP contribution in [0.1, 0.15) is 39.0 Å². The topological polar surface area (TPSA) is 61.4 Å². The Morgan fingerprint density at radius 3 is 2.85 bits per heavy atom. The fourth-order valence-corrected chi connectivity index (χ4v) is 2.41. The number of unbranched alkanes of at least 4 members (excludes halogenated alkanes) is 1. The van der Waals surface area contributed by atoms with E-state index in [1.165, 1.54) is 12.8 Å². The van der Waals surface area contributed by atoms with Crippen LogP contribution in [-0.2, 0) is 9.59 Å². The van der Waals surface area contributed by atoms with Crippen molar-refractivity contribution in [2.24, 2.45) is 5.92 Å². The lowest BCUT2D eigenvalue weighted by Gasteiger charge is -2.33. The van der Waals surface area contributed by atoms with E-state index in [0.717, 1.165) is 32.5 Å². The quantitative estimate of drug-likeness (QED) is 0.688. The Balaban J connectivity index is 0.00000200. The molecule has 0 aromatic heterocycles. The van der Waals surface area contributed by atoms with Gasteiger partial charge in [0, 0.05) is 26.2 Å². The van der Waals surface area contributed by atoms with Gasteiger partial charge >= 0.3 is 0 Å². The van der Waals surface area contributed by atoms with Gasteiger partial charge in [-0.2, -0.15) is 0 Å². The van der Waals surface area contributed by atoms with Crippen LogP contribution in [0.25, 0.3) is 0 Å².